The van der Waals surface area contributed by atoms with E-state index < -0.39 is 0 Å². The predicted octanol–water partition coefficient (Wildman–Crippen LogP) is 3.47. The van der Waals surface area contributed by atoms with E-state index >= 15 is 0 Å². The molecule has 2 heteroatoms. The van der Waals surface area contributed by atoms with Crippen LogP contribution >= 0.6 is 0 Å². The maximum Gasteiger partial charge on any atom is 0.123 e. The number of nitrogens with one attached hydrogen (secondary N) is 1. The van der Waals surface area contributed by atoms with Crippen LogP contribution in [-0.2, 0) is 18.3 Å². The van der Waals surface area contributed by atoms with Crippen molar-refractivity contribution in [2.45, 2.75) is 25.2 Å². The third-order valence-electron chi connectivity index (χ3n) is 4.34. The van der Waals surface area contributed by atoms with E-state index in [-0.39, 0.29) is 11.2 Å². The van der Waals surface area contributed by atoms with Crippen molar-refractivity contribution in [1.82, 2.24) is 5.32 Å². The van der Waals surface area contributed by atoms with Gasteiger partial charge in [0.1, 0.15) is 5.82 Å². The second-order valence-electron chi connectivity index (χ2n) is 5.74. The minimum absolute atomic E-state index is 0.0514. The Hall–Kier alpha value is -1.67. The molecule has 0 saturated carbocycles. The van der Waals surface area contributed by atoms with E-state index in [1.165, 1.54) is 17.2 Å². The van der Waals surface area contributed by atoms with Gasteiger partial charge < -0.3 is 5.32 Å². The van der Waals surface area contributed by atoms with Gasteiger partial charge in [0.25, 0.3) is 0 Å². The summed E-state index contributed by atoms with van der Waals surface area (Å²) in [7, 11) is 0. The van der Waals surface area contributed by atoms with Gasteiger partial charge in [-0.1, -0.05) is 43.3 Å². The number of rotatable bonds is 4. The molecule has 0 radical (unpaired) electrons. The highest BCUT2D eigenvalue weighted by Gasteiger charge is 2.38. The Morgan fingerprint density at radius 3 is 2.30 bits per heavy atom. The molecule has 0 spiro atoms. The van der Waals surface area contributed by atoms with Crippen molar-refractivity contribution in [3.8, 4) is 0 Å². The predicted molar refractivity (Wildman–Crippen MR) is 80.5 cm³/mol. The quantitative estimate of drug-likeness (QED) is 0.896. The molecule has 0 aromatic heterocycles. The highest BCUT2D eigenvalue weighted by molar-refractivity contribution is 5.34. The SMILES string of the molecule is CCc1ccc(CC2(c3cccc(F)c3)CNC2)cc1. The highest BCUT2D eigenvalue weighted by atomic mass is 19.1. The van der Waals surface area contributed by atoms with Gasteiger partial charge >= 0.3 is 0 Å². The van der Waals surface area contributed by atoms with Crippen molar-refractivity contribution < 1.29 is 4.39 Å². The van der Waals surface area contributed by atoms with Crippen LogP contribution in [0.4, 0.5) is 4.39 Å². The summed E-state index contributed by atoms with van der Waals surface area (Å²) < 4.78 is 13.5. The Morgan fingerprint density at radius 1 is 1.05 bits per heavy atom. The van der Waals surface area contributed by atoms with Crippen LogP contribution in [0.3, 0.4) is 0 Å². The molecule has 3 rings (SSSR count). The topological polar surface area (TPSA) is 12.0 Å². The fourth-order valence-corrected chi connectivity index (χ4v) is 2.96. The lowest BCUT2D eigenvalue weighted by Crippen LogP contribution is -2.58. The maximum absolute atomic E-state index is 13.5. The molecule has 1 N–H and O–H groups in total. The van der Waals surface area contributed by atoms with E-state index in [0.717, 1.165) is 31.5 Å². The van der Waals surface area contributed by atoms with Crippen LogP contribution in [0.1, 0.15) is 23.6 Å². The number of halogens is 1. The first kappa shape index (κ1) is 13.3. The van der Waals surface area contributed by atoms with Gasteiger partial charge in [-0.05, 0) is 41.7 Å². The van der Waals surface area contributed by atoms with Gasteiger partial charge in [0.15, 0.2) is 0 Å². The van der Waals surface area contributed by atoms with Crippen LogP contribution in [0.25, 0.3) is 0 Å². The molecule has 0 bridgehead atoms. The molecule has 1 aliphatic heterocycles. The molecule has 1 fully saturated rings. The summed E-state index contributed by atoms with van der Waals surface area (Å²) in [5.41, 5.74) is 3.85. The largest absolute Gasteiger partial charge is 0.315 e. The van der Waals surface area contributed by atoms with E-state index in [1.54, 1.807) is 6.07 Å². The molecule has 2 aromatic rings. The van der Waals surface area contributed by atoms with Crippen molar-refractivity contribution in [2.75, 3.05) is 13.1 Å². The van der Waals surface area contributed by atoms with Gasteiger partial charge in [-0.2, -0.15) is 0 Å². The normalized spacial score (nSPS) is 16.7. The summed E-state index contributed by atoms with van der Waals surface area (Å²) in [6.07, 6.45) is 2.03. The molecule has 2 aromatic carbocycles. The van der Waals surface area contributed by atoms with Crippen LogP contribution in [0, 0.1) is 5.82 Å². The number of benzene rings is 2. The van der Waals surface area contributed by atoms with E-state index in [9.17, 15) is 4.39 Å². The molecule has 0 amide bonds. The minimum Gasteiger partial charge on any atom is -0.315 e. The lowest BCUT2D eigenvalue weighted by atomic mass is 9.71. The Labute approximate surface area is 119 Å². The summed E-state index contributed by atoms with van der Waals surface area (Å²) >= 11 is 0. The number of hydrogen-bond donors (Lipinski definition) is 1. The lowest BCUT2D eigenvalue weighted by molar-refractivity contribution is 0.274. The molecule has 1 saturated heterocycles. The van der Waals surface area contributed by atoms with E-state index in [2.05, 4.69) is 36.5 Å². The molecule has 0 atom stereocenters. The zero-order chi connectivity index (χ0) is 14.0. The van der Waals surface area contributed by atoms with Gasteiger partial charge in [-0.15, -0.1) is 0 Å². The molecular weight excluding hydrogens is 249 g/mol. The fourth-order valence-electron chi connectivity index (χ4n) is 2.96. The molecule has 1 heterocycles. The minimum atomic E-state index is -0.143. The zero-order valence-electron chi connectivity index (χ0n) is 11.8. The zero-order valence-corrected chi connectivity index (χ0v) is 11.8. The van der Waals surface area contributed by atoms with Gasteiger partial charge in [-0.3, -0.25) is 0 Å². The second-order valence-corrected chi connectivity index (χ2v) is 5.74. The first-order valence-corrected chi connectivity index (χ1v) is 7.26. The first-order valence-electron chi connectivity index (χ1n) is 7.26. The molecular formula is C18H20FN. The van der Waals surface area contributed by atoms with Crippen LogP contribution in [-0.4, -0.2) is 13.1 Å². The molecule has 1 nitrogen and oxygen atoms in total. The van der Waals surface area contributed by atoms with Crippen molar-refractivity contribution >= 4 is 0 Å². The van der Waals surface area contributed by atoms with Gasteiger partial charge in [-0.25, -0.2) is 4.39 Å². The summed E-state index contributed by atoms with van der Waals surface area (Å²) in [6.45, 7) is 4.01. The first-order chi connectivity index (χ1) is 9.72. The lowest BCUT2D eigenvalue weighted by Gasteiger charge is -2.43. The monoisotopic (exact) mass is 269 g/mol. The van der Waals surface area contributed by atoms with Crippen molar-refractivity contribution in [3.05, 3.63) is 71.0 Å². The second kappa shape index (κ2) is 5.37. The highest BCUT2D eigenvalue weighted by Crippen LogP contribution is 2.33. The maximum atomic E-state index is 13.5. The van der Waals surface area contributed by atoms with Gasteiger partial charge in [0.05, 0.1) is 0 Å². The molecule has 0 aliphatic carbocycles. The average Bonchev–Trinajstić information content (AvgIpc) is 2.43. The Bertz CT molecular complexity index is 585. The van der Waals surface area contributed by atoms with Gasteiger partial charge in [0.2, 0.25) is 0 Å². The van der Waals surface area contributed by atoms with Crippen molar-refractivity contribution in [3.63, 3.8) is 0 Å². The number of hydrogen-bond acceptors (Lipinski definition) is 1. The summed E-state index contributed by atoms with van der Waals surface area (Å²) in [4.78, 5) is 0. The fraction of sp³-hybridized carbons (Fsp3) is 0.333. The van der Waals surface area contributed by atoms with E-state index in [4.69, 9.17) is 0 Å². The summed E-state index contributed by atoms with van der Waals surface area (Å²) in [5.74, 6) is -0.143. The third-order valence-corrected chi connectivity index (χ3v) is 4.34. The standard InChI is InChI=1S/C18H20FN/c1-2-14-6-8-15(9-7-14)11-18(12-20-13-18)16-4-3-5-17(19)10-16/h3-10,20H,2,11-13H2,1H3. The van der Waals surface area contributed by atoms with Gasteiger partial charge in [0, 0.05) is 18.5 Å². The van der Waals surface area contributed by atoms with Crippen LogP contribution < -0.4 is 5.32 Å². The Morgan fingerprint density at radius 2 is 1.75 bits per heavy atom. The summed E-state index contributed by atoms with van der Waals surface area (Å²) in [6, 6.07) is 15.9. The Kier molecular flexibility index (Phi) is 3.58. The molecule has 0 unspecified atom stereocenters. The number of aryl methyl sites for hydroxylation is 1. The van der Waals surface area contributed by atoms with Crippen LogP contribution in [0.5, 0.6) is 0 Å². The molecule has 20 heavy (non-hydrogen) atoms. The smallest absolute Gasteiger partial charge is 0.123 e. The third kappa shape index (κ3) is 2.48. The van der Waals surface area contributed by atoms with Crippen molar-refractivity contribution in [2.24, 2.45) is 0 Å². The Balaban J connectivity index is 1.85. The summed E-state index contributed by atoms with van der Waals surface area (Å²) in [5, 5.41) is 3.34. The van der Waals surface area contributed by atoms with E-state index in [0.29, 0.717) is 0 Å². The van der Waals surface area contributed by atoms with E-state index in [1.807, 2.05) is 12.1 Å². The van der Waals surface area contributed by atoms with Crippen LogP contribution in [0.2, 0.25) is 0 Å². The molecule has 1 aliphatic rings. The van der Waals surface area contributed by atoms with Crippen LogP contribution in [0.15, 0.2) is 48.5 Å². The average molecular weight is 269 g/mol. The molecule has 104 valence electrons. The van der Waals surface area contributed by atoms with Crippen molar-refractivity contribution in [1.29, 1.82) is 0 Å².